The zero-order valence-corrected chi connectivity index (χ0v) is 17.9. The topological polar surface area (TPSA) is 68.7 Å². The largest absolute Gasteiger partial charge is 0.480 e. The molecule has 172 valence electrons. The van der Waals surface area contributed by atoms with Crippen LogP contribution in [0.1, 0.15) is 41.3 Å². The highest BCUT2D eigenvalue weighted by Crippen LogP contribution is 2.38. The van der Waals surface area contributed by atoms with Crippen molar-refractivity contribution in [2.24, 2.45) is 5.41 Å². The number of carbonyl (C=O) groups excluding carboxylic acids is 2. The number of piperidine rings is 1. The minimum atomic E-state index is -4.47. The van der Waals surface area contributed by atoms with Crippen molar-refractivity contribution in [3.8, 4) is 5.88 Å². The monoisotopic (exact) mass is 450 g/mol. The lowest BCUT2D eigenvalue weighted by molar-refractivity contribution is -0.158. The van der Waals surface area contributed by atoms with Crippen LogP contribution in [0, 0.1) is 5.41 Å². The number of likely N-dealkylation sites (tertiary alicyclic amines) is 1. The second-order valence-corrected chi connectivity index (χ2v) is 7.73. The van der Waals surface area contributed by atoms with Crippen molar-refractivity contribution in [3.05, 3.63) is 59.3 Å². The molecule has 9 heteroatoms. The van der Waals surface area contributed by atoms with Crippen molar-refractivity contribution in [1.29, 1.82) is 0 Å². The second kappa shape index (κ2) is 9.58. The molecular weight excluding hydrogens is 425 g/mol. The number of hydrogen-bond donors (Lipinski definition) is 0. The molecule has 1 aliphatic heterocycles. The minimum absolute atomic E-state index is 0.105. The number of benzene rings is 1. The van der Waals surface area contributed by atoms with E-state index in [9.17, 15) is 22.8 Å². The molecule has 32 heavy (non-hydrogen) atoms. The van der Waals surface area contributed by atoms with Crippen LogP contribution in [-0.4, -0.2) is 48.6 Å². The van der Waals surface area contributed by atoms with Gasteiger partial charge in [-0.05, 0) is 49.9 Å². The van der Waals surface area contributed by atoms with E-state index in [1.54, 1.807) is 30.0 Å². The fourth-order valence-electron chi connectivity index (χ4n) is 4.01. The number of pyridine rings is 1. The fraction of sp³-hybridized carbons (Fsp3) is 0.435. The first-order chi connectivity index (χ1) is 15.2. The fourth-order valence-corrected chi connectivity index (χ4v) is 4.01. The molecule has 1 aromatic heterocycles. The number of hydrogen-bond acceptors (Lipinski definition) is 5. The van der Waals surface area contributed by atoms with Gasteiger partial charge in [-0.1, -0.05) is 18.2 Å². The smallest absolute Gasteiger partial charge is 0.416 e. The standard InChI is InChI=1S/C23H25F3N2O4/c1-3-32-21(30)22(15-16-6-4-7-17(14-16)23(24,25)26)9-12-28(13-10-22)20(29)18-8-5-11-27-19(18)31-2/h4-8,11,14H,3,9-10,12-13,15H2,1-2H3. The number of amides is 1. The summed E-state index contributed by atoms with van der Waals surface area (Å²) in [5.74, 6) is -0.515. The van der Waals surface area contributed by atoms with E-state index >= 15 is 0 Å². The van der Waals surface area contributed by atoms with Gasteiger partial charge in [0.2, 0.25) is 5.88 Å². The van der Waals surface area contributed by atoms with Crippen LogP contribution < -0.4 is 4.74 Å². The highest BCUT2D eigenvalue weighted by atomic mass is 19.4. The van der Waals surface area contributed by atoms with Gasteiger partial charge in [0.25, 0.3) is 5.91 Å². The van der Waals surface area contributed by atoms with E-state index in [2.05, 4.69) is 4.98 Å². The maximum Gasteiger partial charge on any atom is 0.416 e. The number of esters is 1. The van der Waals surface area contributed by atoms with Crippen LogP contribution in [0.2, 0.25) is 0 Å². The summed E-state index contributed by atoms with van der Waals surface area (Å²) in [5.41, 5.74) is -1.04. The first kappa shape index (κ1) is 23.6. The highest BCUT2D eigenvalue weighted by Gasteiger charge is 2.44. The lowest BCUT2D eigenvalue weighted by atomic mass is 9.73. The summed E-state index contributed by atoms with van der Waals surface area (Å²) in [7, 11) is 1.43. The summed E-state index contributed by atoms with van der Waals surface area (Å²) in [6, 6.07) is 8.24. The number of nitrogens with zero attached hydrogens (tertiary/aromatic N) is 2. The van der Waals surface area contributed by atoms with E-state index in [1.807, 2.05) is 0 Å². The molecule has 0 radical (unpaired) electrons. The molecule has 0 aliphatic carbocycles. The predicted octanol–water partition coefficient (Wildman–Crippen LogP) is 4.14. The SMILES string of the molecule is CCOC(=O)C1(Cc2cccc(C(F)(F)F)c2)CCN(C(=O)c2cccnc2OC)CC1. The maximum atomic E-state index is 13.1. The van der Waals surface area contributed by atoms with Crippen molar-refractivity contribution in [2.75, 3.05) is 26.8 Å². The number of halogens is 3. The number of methoxy groups -OCH3 is 1. The molecule has 3 rings (SSSR count). The summed E-state index contributed by atoms with van der Waals surface area (Å²) in [6.45, 7) is 2.37. The molecule has 0 bridgehead atoms. The van der Waals surface area contributed by atoms with Crippen molar-refractivity contribution < 1.29 is 32.2 Å². The molecule has 0 saturated carbocycles. The van der Waals surface area contributed by atoms with Gasteiger partial charge in [-0.2, -0.15) is 13.2 Å². The number of carbonyl (C=O) groups is 2. The number of alkyl halides is 3. The molecule has 2 aromatic rings. The van der Waals surface area contributed by atoms with Crippen LogP contribution in [0.5, 0.6) is 5.88 Å². The summed E-state index contributed by atoms with van der Waals surface area (Å²) in [4.78, 5) is 31.5. The van der Waals surface area contributed by atoms with E-state index in [0.29, 0.717) is 11.1 Å². The number of rotatable bonds is 6. The van der Waals surface area contributed by atoms with Crippen molar-refractivity contribution >= 4 is 11.9 Å². The van der Waals surface area contributed by atoms with Crippen LogP contribution in [0.25, 0.3) is 0 Å². The summed E-state index contributed by atoms with van der Waals surface area (Å²) in [5, 5.41) is 0. The van der Waals surface area contributed by atoms with Gasteiger partial charge in [0.15, 0.2) is 0 Å². The lowest BCUT2D eigenvalue weighted by Crippen LogP contribution is -2.48. The molecule has 0 unspecified atom stereocenters. The average Bonchev–Trinajstić information content (AvgIpc) is 2.79. The Morgan fingerprint density at radius 2 is 1.88 bits per heavy atom. The molecule has 1 saturated heterocycles. The zero-order chi connectivity index (χ0) is 23.4. The summed E-state index contributed by atoms with van der Waals surface area (Å²) in [6.07, 6.45) is -2.29. The van der Waals surface area contributed by atoms with Gasteiger partial charge in [-0.25, -0.2) is 4.98 Å². The van der Waals surface area contributed by atoms with Crippen LogP contribution in [-0.2, 0) is 22.1 Å². The van der Waals surface area contributed by atoms with Gasteiger partial charge in [0, 0.05) is 19.3 Å². The molecule has 0 spiro atoms. The molecule has 1 aromatic carbocycles. The first-order valence-electron chi connectivity index (χ1n) is 10.3. The third kappa shape index (κ3) is 5.03. The number of ether oxygens (including phenoxy) is 2. The third-order valence-corrected chi connectivity index (χ3v) is 5.71. The summed E-state index contributed by atoms with van der Waals surface area (Å²) < 4.78 is 49.8. The Morgan fingerprint density at radius 3 is 2.50 bits per heavy atom. The average molecular weight is 450 g/mol. The Morgan fingerprint density at radius 1 is 1.16 bits per heavy atom. The molecular formula is C23H25F3N2O4. The summed E-state index contributed by atoms with van der Waals surface area (Å²) >= 11 is 0. The Labute approximate surface area is 184 Å². The number of aromatic nitrogens is 1. The van der Waals surface area contributed by atoms with Gasteiger partial charge in [-0.3, -0.25) is 9.59 Å². The van der Waals surface area contributed by atoms with Gasteiger partial charge in [-0.15, -0.1) is 0 Å². The lowest BCUT2D eigenvalue weighted by Gasteiger charge is -2.40. The van der Waals surface area contributed by atoms with E-state index < -0.39 is 23.1 Å². The van der Waals surface area contributed by atoms with Crippen LogP contribution in [0.15, 0.2) is 42.6 Å². The van der Waals surface area contributed by atoms with Crippen molar-refractivity contribution in [2.45, 2.75) is 32.4 Å². The molecule has 1 amide bonds. The van der Waals surface area contributed by atoms with Crippen molar-refractivity contribution in [1.82, 2.24) is 9.88 Å². The normalized spacial score (nSPS) is 15.8. The van der Waals surface area contributed by atoms with Crippen LogP contribution >= 0.6 is 0 Å². The zero-order valence-electron chi connectivity index (χ0n) is 17.9. The Kier molecular flexibility index (Phi) is 7.06. The maximum absolute atomic E-state index is 13.1. The molecule has 1 fully saturated rings. The van der Waals surface area contributed by atoms with E-state index in [1.165, 1.54) is 19.4 Å². The van der Waals surface area contributed by atoms with Crippen LogP contribution in [0.4, 0.5) is 13.2 Å². The van der Waals surface area contributed by atoms with Gasteiger partial charge < -0.3 is 14.4 Å². The third-order valence-electron chi connectivity index (χ3n) is 5.71. The van der Waals surface area contributed by atoms with Gasteiger partial charge in [0.1, 0.15) is 5.56 Å². The van der Waals surface area contributed by atoms with Gasteiger partial charge in [0.05, 0.1) is 24.7 Å². The molecule has 6 nitrogen and oxygen atoms in total. The quantitative estimate of drug-likeness (QED) is 0.619. The first-order valence-corrected chi connectivity index (χ1v) is 10.3. The minimum Gasteiger partial charge on any atom is -0.480 e. The Hall–Kier alpha value is -3.10. The van der Waals surface area contributed by atoms with Crippen molar-refractivity contribution in [3.63, 3.8) is 0 Å². The molecule has 0 atom stereocenters. The molecule has 0 N–H and O–H groups in total. The van der Waals surface area contributed by atoms with E-state index in [-0.39, 0.29) is 50.7 Å². The van der Waals surface area contributed by atoms with E-state index in [0.717, 1.165) is 12.1 Å². The predicted molar refractivity (Wildman–Crippen MR) is 110 cm³/mol. The van der Waals surface area contributed by atoms with E-state index in [4.69, 9.17) is 9.47 Å². The van der Waals surface area contributed by atoms with Crippen LogP contribution in [0.3, 0.4) is 0 Å². The Balaban J connectivity index is 1.81. The molecule has 1 aliphatic rings. The Bertz CT molecular complexity index is 970. The second-order valence-electron chi connectivity index (χ2n) is 7.73. The van der Waals surface area contributed by atoms with Gasteiger partial charge >= 0.3 is 12.1 Å². The molecule has 2 heterocycles. The highest BCUT2D eigenvalue weighted by molar-refractivity contribution is 5.96.